The Hall–Kier alpha value is -1.53. The van der Waals surface area contributed by atoms with Crippen LogP contribution in [0, 0.1) is 18.3 Å². The van der Waals surface area contributed by atoms with Gasteiger partial charge in [-0.25, -0.2) is 0 Å². The Labute approximate surface area is 117 Å². The molecule has 0 unspecified atom stereocenters. The van der Waals surface area contributed by atoms with Gasteiger partial charge < -0.3 is 5.32 Å². The molecule has 0 saturated carbocycles. The highest BCUT2D eigenvalue weighted by atomic mass is 15.2. The Morgan fingerprint density at radius 2 is 1.84 bits per heavy atom. The van der Waals surface area contributed by atoms with Crippen molar-refractivity contribution in [3.8, 4) is 6.07 Å². The third kappa shape index (κ3) is 4.57. The smallest absolute Gasteiger partial charge is 0.101 e. The lowest BCUT2D eigenvalue weighted by Crippen LogP contribution is -2.40. The quantitative estimate of drug-likeness (QED) is 0.851. The number of benzene rings is 1. The predicted molar refractivity (Wildman–Crippen MR) is 81.4 cm³/mol. The van der Waals surface area contributed by atoms with Crippen molar-refractivity contribution in [1.29, 1.82) is 5.26 Å². The zero-order chi connectivity index (χ0) is 14.4. The molecule has 1 aromatic carbocycles. The topological polar surface area (TPSA) is 39.1 Å². The van der Waals surface area contributed by atoms with E-state index >= 15 is 0 Å². The fourth-order valence-corrected chi connectivity index (χ4v) is 2.33. The van der Waals surface area contributed by atoms with Crippen molar-refractivity contribution in [2.24, 2.45) is 0 Å². The molecule has 0 heterocycles. The summed E-state index contributed by atoms with van der Waals surface area (Å²) in [6.45, 7) is 12.7. The minimum Gasteiger partial charge on any atom is -0.383 e. The van der Waals surface area contributed by atoms with Crippen LogP contribution in [0.25, 0.3) is 0 Å². The average Bonchev–Trinajstić information content (AvgIpc) is 2.33. The van der Waals surface area contributed by atoms with Crippen LogP contribution in [0.15, 0.2) is 18.2 Å². The van der Waals surface area contributed by atoms with Gasteiger partial charge in [-0.3, -0.25) is 4.90 Å². The first-order valence-electron chi connectivity index (χ1n) is 6.96. The maximum absolute atomic E-state index is 9.09. The van der Waals surface area contributed by atoms with E-state index in [1.54, 1.807) is 0 Å². The number of aryl methyl sites for hydroxylation is 1. The van der Waals surface area contributed by atoms with Crippen LogP contribution in [-0.4, -0.2) is 30.1 Å². The van der Waals surface area contributed by atoms with Crippen molar-refractivity contribution in [2.75, 3.05) is 18.4 Å². The standard InChI is InChI=1S/C16H25N3/c1-12(2)19(13(3)4)9-8-18-16-10-14(5)6-7-15(16)11-17/h6-7,10,12-13,18H,8-9H2,1-5H3. The highest BCUT2D eigenvalue weighted by Crippen LogP contribution is 2.16. The molecule has 0 aliphatic heterocycles. The van der Waals surface area contributed by atoms with Crippen molar-refractivity contribution < 1.29 is 0 Å². The summed E-state index contributed by atoms with van der Waals surface area (Å²) in [4.78, 5) is 2.44. The van der Waals surface area contributed by atoms with Crippen LogP contribution in [-0.2, 0) is 0 Å². The monoisotopic (exact) mass is 259 g/mol. The first-order valence-corrected chi connectivity index (χ1v) is 6.96. The summed E-state index contributed by atoms with van der Waals surface area (Å²) in [7, 11) is 0. The number of anilines is 1. The Bertz CT molecular complexity index is 436. The van der Waals surface area contributed by atoms with Gasteiger partial charge in [-0.15, -0.1) is 0 Å². The lowest BCUT2D eigenvalue weighted by molar-refractivity contribution is 0.182. The van der Waals surface area contributed by atoms with Gasteiger partial charge in [0.2, 0.25) is 0 Å². The van der Waals surface area contributed by atoms with E-state index in [-0.39, 0.29) is 0 Å². The van der Waals surface area contributed by atoms with Gasteiger partial charge in [0.15, 0.2) is 0 Å². The van der Waals surface area contributed by atoms with Crippen molar-refractivity contribution in [3.05, 3.63) is 29.3 Å². The molecule has 0 aliphatic rings. The molecule has 104 valence electrons. The summed E-state index contributed by atoms with van der Waals surface area (Å²) in [5, 5.41) is 12.5. The molecule has 0 aliphatic carbocycles. The van der Waals surface area contributed by atoms with Crippen LogP contribution >= 0.6 is 0 Å². The molecular weight excluding hydrogens is 234 g/mol. The van der Waals surface area contributed by atoms with Crippen LogP contribution < -0.4 is 5.32 Å². The maximum Gasteiger partial charge on any atom is 0.101 e. The SMILES string of the molecule is Cc1ccc(C#N)c(NCCN(C(C)C)C(C)C)c1. The van der Waals surface area contributed by atoms with E-state index in [1.165, 1.54) is 5.56 Å². The zero-order valence-corrected chi connectivity index (χ0v) is 12.7. The van der Waals surface area contributed by atoms with Crippen LogP contribution in [0.2, 0.25) is 0 Å². The van der Waals surface area contributed by atoms with Crippen molar-refractivity contribution in [1.82, 2.24) is 4.90 Å². The molecule has 0 fully saturated rings. The second-order valence-electron chi connectivity index (χ2n) is 5.51. The molecule has 0 amide bonds. The highest BCUT2D eigenvalue weighted by molar-refractivity contribution is 5.58. The van der Waals surface area contributed by atoms with Gasteiger partial charge in [0.05, 0.1) is 11.3 Å². The van der Waals surface area contributed by atoms with Gasteiger partial charge in [-0.2, -0.15) is 5.26 Å². The molecule has 0 atom stereocenters. The fraction of sp³-hybridized carbons (Fsp3) is 0.562. The number of nitrogens with one attached hydrogen (secondary N) is 1. The Morgan fingerprint density at radius 3 is 2.37 bits per heavy atom. The molecule has 0 spiro atoms. The minimum atomic E-state index is 0.537. The molecule has 3 nitrogen and oxygen atoms in total. The van der Waals surface area contributed by atoms with E-state index < -0.39 is 0 Å². The van der Waals surface area contributed by atoms with Gasteiger partial charge in [0, 0.05) is 25.2 Å². The molecule has 0 saturated heterocycles. The Balaban J connectivity index is 2.62. The van der Waals surface area contributed by atoms with Crippen molar-refractivity contribution >= 4 is 5.69 Å². The normalized spacial score (nSPS) is 11.1. The van der Waals surface area contributed by atoms with Gasteiger partial charge in [-0.1, -0.05) is 6.07 Å². The molecule has 3 heteroatoms. The van der Waals surface area contributed by atoms with Crippen LogP contribution in [0.4, 0.5) is 5.69 Å². The second kappa shape index (κ2) is 7.16. The molecule has 0 bridgehead atoms. The van der Waals surface area contributed by atoms with Gasteiger partial charge in [0.1, 0.15) is 6.07 Å². The number of nitrogens with zero attached hydrogens (tertiary/aromatic N) is 2. The predicted octanol–water partition coefficient (Wildman–Crippen LogP) is 3.40. The third-order valence-electron chi connectivity index (χ3n) is 3.31. The molecule has 1 N–H and O–H groups in total. The Kier molecular flexibility index (Phi) is 5.85. The molecule has 19 heavy (non-hydrogen) atoms. The first kappa shape index (κ1) is 15.5. The lowest BCUT2D eigenvalue weighted by atomic mass is 10.1. The summed E-state index contributed by atoms with van der Waals surface area (Å²) >= 11 is 0. The molecule has 0 aromatic heterocycles. The van der Waals surface area contributed by atoms with Crippen molar-refractivity contribution in [3.63, 3.8) is 0 Å². The largest absolute Gasteiger partial charge is 0.383 e. The maximum atomic E-state index is 9.09. The summed E-state index contributed by atoms with van der Waals surface area (Å²) in [6.07, 6.45) is 0. The van der Waals surface area contributed by atoms with E-state index in [9.17, 15) is 0 Å². The average molecular weight is 259 g/mol. The number of hydrogen-bond donors (Lipinski definition) is 1. The number of nitriles is 1. The van der Waals surface area contributed by atoms with Crippen molar-refractivity contribution in [2.45, 2.75) is 46.7 Å². The second-order valence-corrected chi connectivity index (χ2v) is 5.51. The summed E-state index contributed by atoms with van der Waals surface area (Å²) < 4.78 is 0. The lowest BCUT2D eigenvalue weighted by Gasteiger charge is -2.30. The van der Waals surface area contributed by atoms with Gasteiger partial charge in [0.25, 0.3) is 0 Å². The zero-order valence-electron chi connectivity index (χ0n) is 12.7. The molecule has 0 radical (unpaired) electrons. The summed E-state index contributed by atoms with van der Waals surface area (Å²) in [5.74, 6) is 0. The third-order valence-corrected chi connectivity index (χ3v) is 3.31. The summed E-state index contributed by atoms with van der Waals surface area (Å²) in [5.41, 5.74) is 2.83. The Morgan fingerprint density at radius 1 is 1.21 bits per heavy atom. The fourth-order valence-electron chi connectivity index (χ4n) is 2.33. The van der Waals surface area contributed by atoms with E-state index in [1.807, 2.05) is 25.1 Å². The van der Waals surface area contributed by atoms with E-state index in [4.69, 9.17) is 5.26 Å². The molecule has 1 rings (SSSR count). The van der Waals surface area contributed by atoms with Crippen LogP contribution in [0.3, 0.4) is 0 Å². The van der Waals surface area contributed by atoms with Crippen LogP contribution in [0.5, 0.6) is 0 Å². The minimum absolute atomic E-state index is 0.537. The first-order chi connectivity index (χ1) is 8.95. The van der Waals surface area contributed by atoms with E-state index in [0.717, 1.165) is 18.8 Å². The number of rotatable bonds is 6. The van der Waals surface area contributed by atoms with Crippen LogP contribution in [0.1, 0.15) is 38.8 Å². The molecule has 1 aromatic rings. The van der Waals surface area contributed by atoms with E-state index in [2.05, 4.69) is 44.0 Å². The van der Waals surface area contributed by atoms with Gasteiger partial charge >= 0.3 is 0 Å². The van der Waals surface area contributed by atoms with Gasteiger partial charge in [-0.05, 0) is 52.3 Å². The van der Waals surface area contributed by atoms with E-state index in [0.29, 0.717) is 17.6 Å². The molecular formula is C16H25N3. The number of hydrogen-bond acceptors (Lipinski definition) is 3. The summed E-state index contributed by atoms with van der Waals surface area (Å²) in [6, 6.07) is 9.19. The highest BCUT2D eigenvalue weighted by Gasteiger charge is 2.12.